The standard InChI is InChI=1S/C11H11N3O3.C9H7N3O/c1-17-10(11(15)16)8-2-4-9(5-3-8)14-7-12-6-13-14;13-5-8-1-3-9(4-2-8)12-7-10-6-11-12/h2-7,10H,1H3,(H,15,16);1-7H. The van der Waals surface area contributed by atoms with Gasteiger partial charge >= 0.3 is 5.97 Å². The maximum absolute atomic E-state index is 10.9. The summed E-state index contributed by atoms with van der Waals surface area (Å²) in [6.07, 6.45) is 5.94. The van der Waals surface area contributed by atoms with Gasteiger partial charge in [0.05, 0.1) is 11.4 Å². The van der Waals surface area contributed by atoms with Gasteiger partial charge in [0.1, 0.15) is 31.6 Å². The Bertz CT molecular complexity index is 1060. The van der Waals surface area contributed by atoms with Crippen LogP contribution in [0.5, 0.6) is 0 Å². The highest BCUT2D eigenvalue weighted by Gasteiger charge is 2.18. The predicted molar refractivity (Wildman–Crippen MR) is 105 cm³/mol. The minimum Gasteiger partial charge on any atom is -0.479 e. The molecule has 2 heterocycles. The Balaban J connectivity index is 0.000000177. The number of carbonyl (C=O) groups excluding carboxylic acids is 1. The first-order valence-corrected chi connectivity index (χ1v) is 8.73. The van der Waals surface area contributed by atoms with E-state index in [1.54, 1.807) is 58.4 Å². The smallest absolute Gasteiger partial charge is 0.337 e. The largest absolute Gasteiger partial charge is 0.479 e. The molecule has 0 aliphatic heterocycles. The summed E-state index contributed by atoms with van der Waals surface area (Å²) < 4.78 is 8.12. The van der Waals surface area contributed by atoms with Crippen molar-refractivity contribution in [3.8, 4) is 11.4 Å². The van der Waals surface area contributed by atoms with E-state index in [-0.39, 0.29) is 0 Å². The molecule has 0 saturated heterocycles. The van der Waals surface area contributed by atoms with E-state index in [1.165, 1.54) is 19.8 Å². The first-order valence-electron chi connectivity index (χ1n) is 8.73. The molecule has 0 aliphatic carbocycles. The fourth-order valence-electron chi connectivity index (χ4n) is 2.57. The van der Waals surface area contributed by atoms with Crippen LogP contribution < -0.4 is 0 Å². The molecule has 0 radical (unpaired) electrons. The molecule has 2 aromatic heterocycles. The Labute approximate surface area is 171 Å². The van der Waals surface area contributed by atoms with Crippen molar-refractivity contribution in [1.29, 1.82) is 0 Å². The van der Waals surface area contributed by atoms with Gasteiger partial charge in [-0.25, -0.2) is 24.1 Å². The van der Waals surface area contributed by atoms with Crippen LogP contribution in [0.25, 0.3) is 11.4 Å². The van der Waals surface area contributed by atoms with Crippen molar-refractivity contribution in [2.24, 2.45) is 0 Å². The molecule has 10 nitrogen and oxygen atoms in total. The Morgan fingerprint density at radius 2 is 1.43 bits per heavy atom. The van der Waals surface area contributed by atoms with Crippen LogP contribution in [0.4, 0.5) is 0 Å². The summed E-state index contributed by atoms with van der Waals surface area (Å²) >= 11 is 0. The van der Waals surface area contributed by atoms with Gasteiger partial charge in [0.25, 0.3) is 0 Å². The van der Waals surface area contributed by atoms with Crippen LogP contribution >= 0.6 is 0 Å². The number of aldehydes is 1. The lowest BCUT2D eigenvalue weighted by Gasteiger charge is -2.11. The van der Waals surface area contributed by atoms with Crippen LogP contribution in [-0.4, -0.2) is 54.0 Å². The highest BCUT2D eigenvalue weighted by atomic mass is 16.5. The molecule has 0 saturated carbocycles. The molecule has 0 aliphatic rings. The monoisotopic (exact) mass is 406 g/mol. The Hall–Kier alpha value is -4.18. The summed E-state index contributed by atoms with van der Waals surface area (Å²) in [5, 5.41) is 16.9. The summed E-state index contributed by atoms with van der Waals surface area (Å²) in [6.45, 7) is 0. The second-order valence-corrected chi connectivity index (χ2v) is 5.93. The maximum atomic E-state index is 10.9. The number of carboxylic acids is 1. The van der Waals surface area contributed by atoms with Gasteiger partial charge in [0, 0.05) is 12.7 Å². The number of hydrogen-bond donors (Lipinski definition) is 1. The molecule has 0 bridgehead atoms. The number of ether oxygens (including phenoxy) is 1. The van der Waals surface area contributed by atoms with Crippen molar-refractivity contribution in [1.82, 2.24) is 29.5 Å². The van der Waals surface area contributed by atoms with Gasteiger partial charge in [-0.3, -0.25) is 4.79 Å². The van der Waals surface area contributed by atoms with Crippen LogP contribution in [0, 0.1) is 0 Å². The zero-order chi connectivity index (χ0) is 21.3. The molecule has 10 heteroatoms. The molecular formula is C20H18N6O4. The minimum absolute atomic E-state index is 0.587. The van der Waals surface area contributed by atoms with Crippen LogP contribution in [0.3, 0.4) is 0 Å². The first kappa shape index (κ1) is 20.6. The van der Waals surface area contributed by atoms with Crippen molar-refractivity contribution in [2.75, 3.05) is 7.11 Å². The Kier molecular flexibility index (Phi) is 6.74. The number of carboxylic acid groups (broad SMARTS) is 1. The summed E-state index contributed by atoms with van der Waals surface area (Å²) in [6, 6.07) is 14.0. The summed E-state index contributed by atoms with van der Waals surface area (Å²) in [4.78, 5) is 28.9. The number of benzene rings is 2. The molecule has 0 spiro atoms. The fraction of sp³-hybridized carbons (Fsp3) is 0.100. The van der Waals surface area contributed by atoms with Gasteiger partial charge in [-0.15, -0.1) is 0 Å². The molecule has 152 valence electrons. The number of aliphatic carboxylic acids is 1. The Morgan fingerprint density at radius 3 is 1.80 bits per heavy atom. The normalized spacial score (nSPS) is 11.2. The molecule has 4 aromatic rings. The topological polar surface area (TPSA) is 125 Å². The molecule has 1 unspecified atom stereocenters. The maximum Gasteiger partial charge on any atom is 0.337 e. The number of nitrogens with zero attached hydrogens (tertiary/aromatic N) is 6. The summed E-state index contributed by atoms with van der Waals surface area (Å²) in [5.74, 6) is -1.01. The number of rotatable bonds is 6. The van der Waals surface area contributed by atoms with Crippen molar-refractivity contribution < 1.29 is 19.4 Å². The lowest BCUT2D eigenvalue weighted by atomic mass is 10.1. The number of carbonyl (C=O) groups is 2. The Morgan fingerprint density at radius 1 is 0.933 bits per heavy atom. The van der Waals surface area contributed by atoms with E-state index in [9.17, 15) is 9.59 Å². The third-order valence-electron chi connectivity index (χ3n) is 4.05. The quantitative estimate of drug-likeness (QED) is 0.483. The van der Waals surface area contributed by atoms with E-state index >= 15 is 0 Å². The molecule has 0 amide bonds. The average Bonchev–Trinajstić information content (AvgIpc) is 3.50. The van der Waals surface area contributed by atoms with Crippen molar-refractivity contribution in [3.63, 3.8) is 0 Å². The number of aromatic nitrogens is 6. The van der Waals surface area contributed by atoms with E-state index in [2.05, 4.69) is 20.2 Å². The highest BCUT2D eigenvalue weighted by Crippen LogP contribution is 2.18. The molecule has 1 N–H and O–H groups in total. The number of hydrogen-bond acceptors (Lipinski definition) is 7. The lowest BCUT2D eigenvalue weighted by molar-refractivity contribution is -0.148. The van der Waals surface area contributed by atoms with Crippen LogP contribution in [0.15, 0.2) is 73.8 Å². The summed E-state index contributed by atoms with van der Waals surface area (Å²) in [5.41, 5.74) is 2.95. The number of methoxy groups -OCH3 is 1. The minimum atomic E-state index is -1.01. The zero-order valence-corrected chi connectivity index (χ0v) is 15.9. The van der Waals surface area contributed by atoms with Crippen molar-refractivity contribution in [3.05, 3.63) is 85.0 Å². The molecule has 4 rings (SSSR count). The van der Waals surface area contributed by atoms with E-state index < -0.39 is 12.1 Å². The predicted octanol–water partition coefficient (Wildman–Crippen LogP) is 2.12. The van der Waals surface area contributed by atoms with E-state index in [1.807, 2.05) is 12.1 Å². The third-order valence-corrected chi connectivity index (χ3v) is 4.05. The van der Waals surface area contributed by atoms with Gasteiger partial charge in [-0.1, -0.05) is 12.1 Å². The molecule has 0 fully saturated rings. The first-order chi connectivity index (χ1) is 14.6. The van der Waals surface area contributed by atoms with Crippen LogP contribution in [0.2, 0.25) is 0 Å². The third kappa shape index (κ3) is 5.00. The SMILES string of the molecule is COC(C(=O)O)c1ccc(-n2cncn2)cc1.O=Cc1ccc(-n2cncn2)cc1. The van der Waals surface area contributed by atoms with Gasteiger partial charge in [0.15, 0.2) is 6.10 Å². The van der Waals surface area contributed by atoms with E-state index in [0.717, 1.165) is 17.7 Å². The van der Waals surface area contributed by atoms with Gasteiger partial charge in [0.2, 0.25) is 0 Å². The summed E-state index contributed by atoms with van der Waals surface area (Å²) in [7, 11) is 1.37. The second kappa shape index (κ2) is 9.85. The highest BCUT2D eigenvalue weighted by molar-refractivity contribution is 5.75. The molecule has 1 atom stereocenters. The fourth-order valence-corrected chi connectivity index (χ4v) is 2.57. The van der Waals surface area contributed by atoms with Gasteiger partial charge in [-0.05, 0) is 42.0 Å². The average molecular weight is 406 g/mol. The zero-order valence-electron chi connectivity index (χ0n) is 15.9. The van der Waals surface area contributed by atoms with E-state index in [0.29, 0.717) is 11.1 Å². The van der Waals surface area contributed by atoms with Crippen molar-refractivity contribution in [2.45, 2.75) is 6.10 Å². The van der Waals surface area contributed by atoms with Crippen molar-refractivity contribution >= 4 is 12.3 Å². The molecule has 2 aromatic carbocycles. The second-order valence-electron chi connectivity index (χ2n) is 5.93. The van der Waals surface area contributed by atoms with Crippen LogP contribution in [-0.2, 0) is 9.53 Å². The van der Waals surface area contributed by atoms with Crippen LogP contribution in [0.1, 0.15) is 22.0 Å². The van der Waals surface area contributed by atoms with Gasteiger partial charge in [-0.2, -0.15) is 10.2 Å². The molecular weight excluding hydrogens is 388 g/mol. The van der Waals surface area contributed by atoms with E-state index in [4.69, 9.17) is 9.84 Å². The molecule has 30 heavy (non-hydrogen) atoms. The van der Waals surface area contributed by atoms with Gasteiger partial charge < -0.3 is 9.84 Å². The lowest BCUT2D eigenvalue weighted by Crippen LogP contribution is -2.13.